The van der Waals surface area contributed by atoms with Gasteiger partial charge in [-0.3, -0.25) is 0 Å². The number of hydrogen-bond donors (Lipinski definition) is 2. The lowest BCUT2D eigenvalue weighted by Crippen LogP contribution is -2.38. The molecule has 0 aliphatic rings. The van der Waals surface area contributed by atoms with Crippen LogP contribution in [0.1, 0.15) is 29.8 Å². The van der Waals surface area contributed by atoms with E-state index in [1.807, 2.05) is 6.92 Å². The van der Waals surface area contributed by atoms with Gasteiger partial charge in [0.15, 0.2) is 11.8 Å². The van der Waals surface area contributed by atoms with Crippen LogP contribution in [0, 0.1) is 12.7 Å². The predicted molar refractivity (Wildman–Crippen MR) is 102 cm³/mol. The number of rotatable bonds is 6. The first-order chi connectivity index (χ1) is 12.3. The zero-order chi connectivity index (χ0) is 19.2. The van der Waals surface area contributed by atoms with Gasteiger partial charge in [0, 0.05) is 19.5 Å². The number of alkyl halides is 3. The van der Waals surface area contributed by atoms with Crippen LogP contribution in [0.2, 0.25) is 0 Å². The minimum absolute atomic E-state index is 0. The van der Waals surface area contributed by atoms with Crippen LogP contribution in [-0.2, 0) is 19.1 Å². The van der Waals surface area contributed by atoms with Gasteiger partial charge in [0.25, 0.3) is 0 Å². The highest BCUT2D eigenvalue weighted by Crippen LogP contribution is 2.32. The molecule has 0 spiro atoms. The van der Waals surface area contributed by atoms with Crippen molar-refractivity contribution < 1.29 is 22.1 Å². The second-order valence-corrected chi connectivity index (χ2v) is 5.41. The number of aromatic nitrogens is 2. The van der Waals surface area contributed by atoms with E-state index in [-0.39, 0.29) is 36.1 Å². The highest BCUT2D eigenvalue weighted by Gasteiger charge is 2.33. The zero-order valence-electron chi connectivity index (χ0n) is 14.7. The molecular formula is C16H20F4IN5O. The van der Waals surface area contributed by atoms with Gasteiger partial charge < -0.3 is 15.2 Å². The van der Waals surface area contributed by atoms with Crippen molar-refractivity contribution in [2.45, 2.75) is 33.0 Å². The largest absolute Gasteiger partial charge is 0.416 e. The number of hydrogen-bond acceptors (Lipinski definition) is 4. The smallest absolute Gasteiger partial charge is 0.357 e. The van der Waals surface area contributed by atoms with Crippen LogP contribution < -0.4 is 10.6 Å². The standard InChI is InChI=1S/C16H19F4N5O.HI/c1-3-21-15(22-7-6-14-24-10(2)25-26-14)23-9-11-4-5-12(17)8-13(11)16(18,19)20;/h4-5,8H,3,6-7,9H2,1-2H3,(H2,21,22,23);1H. The molecule has 0 saturated heterocycles. The Kier molecular flexibility index (Phi) is 8.93. The van der Waals surface area contributed by atoms with Crippen LogP contribution in [0.15, 0.2) is 27.7 Å². The summed E-state index contributed by atoms with van der Waals surface area (Å²) in [5.41, 5.74) is -1.14. The SMILES string of the molecule is CCNC(=NCc1ccc(F)cc1C(F)(F)F)NCCc1nc(C)no1.I. The Hall–Kier alpha value is -1.92. The quantitative estimate of drug-likeness (QED) is 0.275. The van der Waals surface area contributed by atoms with Crippen molar-refractivity contribution in [3.63, 3.8) is 0 Å². The van der Waals surface area contributed by atoms with Gasteiger partial charge in [0.1, 0.15) is 5.82 Å². The fourth-order valence-electron chi connectivity index (χ4n) is 2.19. The second-order valence-electron chi connectivity index (χ2n) is 5.41. The number of aryl methyl sites for hydroxylation is 1. The van der Waals surface area contributed by atoms with Gasteiger partial charge in [-0.2, -0.15) is 18.2 Å². The van der Waals surface area contributed by atoms with Crippen LogP contribution in [0.3, 0.4) is 0 Å². The summed E-state index contributed by atoms with van der Waals surface area (Å²) in [7, 11) is 0. The maximum absolute atomic E-state index is 13.1. The van der Waals surface area contributed by atoms with Crippen molar-refractivity contribution in [3.05, 3.63) is 46.9 Å². The normalized spacial score (nSPS) is 11.9. The Morgan fingerprint density at radius 1 is 1.26 bits per heavy atom. The van der Waals surface area contributed by atoms with E-state index in [1.165, 1.54) is 0 Å². The molecule has 1 aromatic heterocycles. The van der Waals surface area contributed by atoms with E-state index in [0.29, 0.717) is 43.3 Å². The molecule has 6 nitrogen and oxygen atoms in total. The van der Waals surface area contributed by atoms with E-state index in [4.69, 9.17) is 4.52 Å². The van der Waals surface area contributed by atoms with E-state index < -0.39 is 17.6 Å². The van der Waals surface area contributed by atoms with Gasteiger partial charge in [-0.1, -0.05) is 11.2 Å². The van der Waals surface area contributed by atoms with Gasteiger partial charge in [-0.15, -0.1) is 24.0 Å². The molecule has 1 heterocycles. The molecule has 0 bridgehead atoms. The molecule has 2 aromatic rings. The van der Waals surface area contributed by atoms with Crippen molar-refractivity contribution in [1.82, 2.24) is 20.8 Å². The molecule has 0 fully saturated rings. The summed E-state index contributed by atoms with van der Waals surface area (Å²) >= 11 is 0. The molecule has 1 aromatic carbocycles. The molecule has 2 N–H and O–H groups in total. The molecular weight excluding hydrogens is 481 g/mol. The summed E-state index contributed by atoms with van der Waals surface area (Å²) in [5, 5.41) is 9.57. The highest BCUT2D eigenvalue weighted by molar-refractivity contribution is 14.0. The van der Waals surface area contributed by atoms with Crippen LogP contribution in [0.25, 0.3) is 0 Å². The summed E-state index contributed by atoms with van der Waals surface area (Å²) in [4.78, 5) is 8.18. The van der Waals surface area contributed by atoms with Gasteiger partial charge in [-0.05, 0) is 31.5 Å². The molecule has 27 heavy (non-hydrogen) atoms. The van der Waals surface area contributed by atoms with Crippen molar-refractivity contribution >= 4 is 29.9 Å². The summed E-state index contributed by atoms with van der Waals surface area (Å²) < 4.78 is 57.2. The maximum Gasteiger partial charge on any atom is 0.416 e. The van der Waals surface area contributed by atoms with Crippen molar-refractivity contribution in [3.8, 4) is 0 Å². The third-order valence-corrected chi connectivity index (χ3v) is 3.33. The first kappa shape index (κ1) is 23.1. The number of halogens is 5. The summed E-state index contributed by atoms with van der Waals surface area (Å²) in [6, 6.07) is 2.55. The lowest BCUT2D eigenvalue weighted by Gasteiger charge is -2.13. The van der Waals surface area contributed by atoms with E-state index in [1.54, 1.807) is 6.92 Å². The molecule has 0 amide bonds. The van der Waals surface area contributed by atoms with Crippen molar-refractivity contribution in [1.29, 1.82) is 0 Å². The number of nitrogens with zero attached hydrogens (tertiary/aromatic N) is 3. The molecule has 2 rings (SSSR count). The van der Waals surface area contributed by atoms with Gasteiger partial charge in [-0.25, -0.2) is 9.38 Å². The molecule has 150 valence electrons. The number of guanidine groups is 1. The van der Waals surface area contributed by atoms with E-state index >= 15 is 0 Å². The Bertz CT molecular complexity index is 764. The van der Waals surface area contributed by atoms with E-state index in [9.17, 15) is 17.6 Å². The van der Waals surface area contributed by atoms with Gasteiger partial charge >= 0.3 is 6.18 Å². The average Bonchev–Trinajstić information content (AvgIpc) is 2.98. The fourth-order valence-corrected chi connectivity index (χ4v) is 2.19. The predicted octanol–water partition coefficient (Wildman–Crippen LogP) is 3.45. The molecule has 0 atom stereocenters. The highest BCUT2D eigenvalue weighted by atomic mass is 127. The van der Waals surface area contributed by atoms with Crippen molar-refractivity contribution in [2.24, 2.45) is 4.99 Å². The van der Waals surface area contributed by atoms with Gasteiger partial charge in [0.05, 0.1) is 12.1 Å². The number of nitrogens with one attached hydrogen (secondary N) is 2. The average molecular weight is 501 g/mol. The Morgan fingerprint density at radius 3 is 2.59 bits per heavy atom. The lowest BCUT2D eigenvalue weighted by molar-refractivity contribution is -0.138. The van der Waals surface area contributed by atoms with Crippen LogP contribution in [0.5, 0.6) is 0 Å². The minimum Gasteiger partial charge on any atom is -0.357 e. The second kappa shape index (κ2) is 10.4. The van der Waals surface area contributed by atoms with E-state index in [2.05, 4.69) is 25.8 Å². The molecule has 0 aliphatic heterocycles. The minimum atomic E-state index is -4.64. The molecule has 0 saturated carbocycles. The molecule has 0 radical (unpaired) electrons. The first-order valence-corrected chi connectivity index (χ1v) is 7.96. The van der Waals surface area contributed by atoms with Gasteiger partial charge in [0.2, 0.25) is 5.89 Å². The Morgan fingerprint density at radius 2 is 2.00 bits per heavy atom. The van der Waals surface area contributed by atoms with E-state index in [0.717, 1.165) is 12.1 Å². The third-order valence-electron chi connectivity index (χ3n) is 3.33. The summed E-state index contributed by atoms with van der Waals surface area (Å²) in [6.45, 7) is 4.22. The number of aliphatic imine (C=N–C) groups is 1. The lowest BCUT2D eigenvalue weighted by atomic mass is 10.1. The summed E-state index contributed by atoms with van der Waals surface area (Å²) in [5.74, 6) is 0.367. The third kappa shape index (κ3) is 7.31. The monoisotopic (exact) mass is 501 g/mol. The van der Waals surface area contributed by atoms with Crippen molar-refractivity contribution in [2.75, 3.05) is 13.1 Å². The van der Waals surface area contributed by atoms with Crippen LogP contribution in [-0.4, -0.2) is 29.2 Å². The van der Waals surface area contributed by atoms with Crippen LogP contribution in [0.4, 0.5) is 17.6 Å². The first-order valence-electron chi connectivity index (χ1n) is 7.96. The molecule has 11 heteroatoms. The Balaban J connectivity index is 0.00000364. The molecule has 0 aliphatic carbocycles. The van der Waals surface area contributed by atoms with Crippen LogP contribution >= 0.6 is 24.0 Å². The fraction of sp³-hybridized carbons (Fsp3) is 0.438. The zero-order valence-corrected chi connectivity index (χ0v) is 17.1. The summed E-state index contributed by atoms with van der Waals surface area (Å²) in [6.07, 6.45) is -4.20. The maximum atomic E-state index is 13.1. The molecule has 0 unspecified atom stereocenters. The number of benzene rings is 1. The topological polar surface area (TPSA) is 75.3 Å². The Labute approximate surface area is 170 Å².